The van der Waals surface area contributed by atoms with Crippen molar-refractivity contribution in [3.05, 3.63) is 40.5 Å². The van der Waals surface area contributed by atoms with Crippen molar-refractivity contribution in [1.82, 2.24) is 19.1 Å². The van der Waals surface area contributed by atoms with Gasteiger partial charge in [0.25, 0.3) is 0 Å². The van der Waals surface area contributed by atoms with Gasteiger partial charge in [0.15, 0.2) is 5.82 Å². The fraction of sp³-hybridized carbons (Fsp3) is 0.300. The molecule has 0 fully saturated rings. The quantitative estimate of drug-likeness (QED) is 0.766. The van der Waals surface area contributed by atoms with Gasteiger partial charge in [-0.15, -0.1) is 0 Å². The Morgan fingerprint density at radius 2 is 2.12 bits per heavy atom. The van der Waals surface area contributed by atoms with Crippen LogP contribution in [0, 0.1) is 6.92 Å². The Kier molecular flexibility index (Phi) is 2.47. The molecule has 0 unspecified atom stereocenters. The van der Waals surface area contributed by atoms with Crippen LogP contribution in [0.15, 0.2) is 23.3 Å². The van der Waals surface area contributed by atoms with Gasteiger partial charge >= 0.3 is 5.69 Å². The van der Waals surface area contributed by atoms with Crippen molar-refractivity contribution in [2.75, 3.05) is 5.73 Å². The van der Waals surface area contributed by atoms with Crippen molar-refractivity contribution in [3.8, 4) is 0 Å². The van der Waals surface area contributed by atoms with Gasteiger partial charge in [0.1, 0.15) is 5.82 Å². The number of hydrogen-bond acceptors (Lipinski definition) is 4. The summed E-state index contributed by atoms with van der Waals surface area (Å²) in [5.74, 6) is 0.970. The van der Waals surface area contributed by atoms with Crippen LogP contribution in [0.3, 0.4) is 0 Å². The zero-order chi connectivity index (χ0) is 11.7. The summed E-state index contributed by atoms with van der Waals surface area (Å²) in [6.45, 7) is 2.18. The number of rotatable bonds is 2. The topological polar surface area (TPSA) is 78.7 Å². The van der Waals surface area contributed by atoms with E-state index in [0.717, 1.165) is 5.69 Å². The Morgan fingerprint density at radius 1 is 1.38 bits per heavy atom. The molecule has 6 nitrogen and oxygen atoms in total. The molecule has 0 saturated carbocycles. The largest absolute Gasteiger partial charge is 0.384 e. The number of aryl methyl sites for hydroxylation is 2. The summed E-state index contributed by atoms with van der Waals surface area (Å²) < 4.78 is 3.04. The minimum Gasteiger partial charge on any atom is -0.384 e. The van der Waals surface area contributed by atoms with Crippen LogP contribution in [0.2, 0.25) is 0 Å². The highest BCUT2D eigenvalue weighted by molar-refractivity contribution is 5.29. The van der Waals surface area contributed by atoms with Gasteiger partial charge in [0.2, 0.25) is 0 Å². The Balaban J connectivity index is 2.34. The van der Waals surface area contributed by atoms with Gasteiger partial charge in [-0.05, 0) is 6.92 Å². The molecular weight excluding hydrogens is 206 g/mol. The molecular formula is C10H13N5O. The predicted molar refractivity (Wildman–Crippen MR) is 60.0 cm³/mol. The molecule has 0 atom stereocenters. The summed E-state index contributed by atoms with van der Waals surface area (Å²) in [7, 11) is 1.70. The van der Waals surface area contributed by atoms with Gasteiger partial charge in [0.05, 0.1) is 6.54 Å². The molecule has 2 aromatic heterocycles. The van der Waals surface area contributed by atoms with Crippen LogP contribution < -0.4 is 11.4 Å². The van der Waals surface area contributed by atoms with E-state index in [0.29, 0.717) is 18.2 Å². The molecule has 0 bridgehead atoms. The van der Waals surface area contributed by atoms with Crippen LogP contribution in [0.5, 0.6) is 0 Å². The lowest BCUT2D eigenvalue weighted by Gasteiger charge is -2.03. The van der Waals surface area contributed by atoms with E-state index in [1.165, 1.54) is 9.13 Å². The van der Waals surface area contributed by atoms with Crippen molar-refractivity contribution < 1.29 is 0 Å². The molecule has 0 aliphatic rings. The Labute approximate surface area is 92.4 Å². The number of nitrogens with two attached hydrogens (primary N) is 1. The third-order valence-electron chi connectivity index (χ3n) is 2.25. The fourth-order valence-electron chi connectivity index (χ4n) is 1.51. The SMILES string of the molecule is Cc1cc(N)nc(Cn2ccn(C)c2=O)n1. The molecule has 0 saturated heterocycles. The van der Waals surface area contributed by atoms with Crippen LogP contribution in [0.1, 0.15) is 11.5 Å². The van der Waals surface area contributed by atoms with E-state index in [9.17, 15) is 4.79 Å². The minimum absolute atomic E-state index is 0.0938. The first-order valence-corrected chi connectivity index (χ1v) is 4.88. The molecule has 0 aromatic carbocycles. The molecule has 0 aliphatic heterocycles. The van der Waals surface area contributed by atoms with Gasteiger partial charge in [-0.1, -0.05) is 0 Å². The molecule has 0 spiro atoms. The second kappa shape index (κ2) is 3.80. The summed E-state index contributed by atoms with van der Waals surface area (Å²) in [4.78, 5) is 19.9. The first-order valence-electron chi connectivity index (χ1n) is 4.88. The molecule has 2 aromatic rings. The van der Waals surface area contributed by atoms with E-state index < -0.39 is 0 Å². The summed E-state index contributed by atoms with van der Waals surface area (Å²) in [6.07, 6.45) is 3.39. The molecule has 84 valence electrons. The molecule has 6 heteroatoms. The van der Waals surface area contributed by atoms with E-state index in [2.05, 4.69) is 9.97 Å². The highest BCUT2D eigenvalue weighted by atomic mass is 16.1. The lowest BCUT2D eigenvalue weighted by molar-refractivity contribution is 0.686. The van der Waals surface area contributed by atoms with E-state index in [4.69, 9.17) is 5.73 Å². The summed E-state index contributed by atoms with van der Waals surface area (Å²) in [6, 6.07) is 1.69. The van der Waals surface area contributed by atoms with Gasteiger partial charge in [-0.2, -0.15) is 0 Å². The lowest BCUT2D eigenvalue weighted by Crippen LogP contribution is -2.23. The predicted octanol–water partition coefficient (Wildman–Crippen LogP) is -0.0843. The smallest absolute Gasteiger partial charge is 0.328 e. The monoisotopic (exact) mass is 219 g/mol. The number of nitrogen functional groups attached to an aromatic ring is 1. The second-order valence-electron chi connectivity index (χ2n) is 3.67. The zero-order valence-electron chi connectivity index (χ0n) is 9.21. The summed E-state index contributed by atoms with van der Waals surface area (Å²) in [5.41, 5.74) is 6.32. The fourth-order valence-corrected chi connectivity index (χ4v) is 1.51. The van der Waals surface area contributed by atoms with Crippen LogP contribution >= 0.6 is 0 Å². The summed E-state index contributed by atoms with van der Waals surface area (Å²) >= 11 is 0. The number of aromatic nitrogens is 4. The van der Waals surface area contributed by atoms with Gasteiger partial charge in [-0.25, -0.2) is 14.8 Å². The average Bonchev–Trinajstić information content (AvgIpc) is 2.48. The molecule has 2 heterocycles. The molecule has 0 radical (unpaired) electrons. The Morgan fingerprint density at radius 3 is 2.69 bits per heavy atom. The molecule has 2 N–H and O–H groups in total. The maximum atomic E-state index is 11.6. The Bertz CT molecular complexity index is 549. The van der Waals surface area contributed by atoms with Crippen LogP contribution in [-0.2, 0) is 13.6 Å². The van der Waals surface area contributed by atoms with E-state index >= 15 is 0 Å². The van der Waals surface area contributed by atoms with Crippen molar-refractivity contribution in [3.63, 3.8) is 0 Å². The number of anilines is 1. The number of hydrogen-bond donors (Lipinski definition) is 1. The number of imidazole rings is 1. The molecule has 2 rings (SSSR count). The normalized spacial score (nSPS) is 10.6. The maximum Gasteiger partial charge on any atom is 0.328 e. The maximum absolute atomic E-state index is 11.6. The van der Waals surface area contributed by atoms with Gasteiger partial charge in [0, 0.05) is 31.2 Å². The first kappa shape index (κ1) is 10.4. The first-order chi connectivity index (χ1) is 7.56. The highest BCUT2D eigenvalue weighted by Crippen LogP contribution is 2.02. The Hall–Kier alpha value is -2.11. The average molecular weight is 219 g/mol. The second-order valence-corrected chi connectivity index (χ2v) is 3.67. The third-order valence-corrected chi connectivity index (χ3v) is 2.25. The highest BCUT2D eigenvalue weighted by Gasteiger charge is 2.04. The van der Waals surface area contributed by atoms with E-state index in [-0.39, 0.29) is 5.69 Å². The van der Waals surface area contributed by atoms with Crippen LogP contribution in [0.25, 0.3) is 0 Å². The van der Waals surface area contributed by atoms with Gasteiger partial charge in [-0.3, -0.25) is 4.57 Å². The number of nitrogens with zero attached hydrogens (tertiary/aromatic N) is 4. The summed E-state index contributed by atoms with van der Waals surface area (Å²) in [5, 5.41) is 0. The van der Waals surface area contributed by atoms with Gasteiger partial charge < -0.3 is 10.3 Å². The van der Waals surface area contributed by atoms with Crippen molar-refractivity contribution in [1.29, 1.82) is 0 Å². The third kappa shape index (κ3) is 1.95. The van der Waals surface area contributed by atoms with Crippen LogP contribution in [0.4, 0.5) is 5.82 Å². The lowest BCUT2D eigenvalue weighted by atomic mass is 10.4. The zero-order valence-corrected chi connectivity index (χ0v) is 9.21. The van der Waals surface area contributed by atoms with Crippen molar-refractivity contribution >= 4 is 5.82 Å². The van der Waals surface area contributed by atoms with Crippen molar-refractivity contribution in [2.24, 2.45) is 7.05 Å². The van der Waals surface area contributed by atoms with E-state index in [1.807, 2.05) is 6.92 Å². The van der Waals surface area contributed by atoms with Crippen molar-refractivity contribution in [2.45, 2.75) is 13.5 Å². The minimum atomic E-state index is -0.0938. The molecule has 16 heavy (non-hydrogen) atoms. The molecule has 0 aliphatic carbocycles. The molecule has 0 amide bonds. The van der Waals surface area contributed by atoms with Crippen LogP contribution in [-0.4, -0.2) is 19.1 Å². The standard InChI is InChI=1S/C10H13N5O/c1-7-5-8(11)13-9(12-7)6-15-4-3-14(2)10(15)16/h3-5H,6H2,1-2H3,(H2,11,12,13). The van der Waals surface area contributed by atoms with E-state index in [1.54, 1.807) is 25.5 Å².